The Balaban J connectivity index is 4.93. The van der Waals surface area contributed by atoms with Crippen LogP contribution in [0.25, 0.3) is 0 Å². The molecule has 0 heterocycles. The van der Waals surface area contributed by atoms with Gasteiger partial charge in [0.05, 0.1) is 17.6 Å². The van der Waals surface area contributed by atoms with Crippen molar-refractivity contribution < 1.29 is 19.8 Å². The zero-order valence-corrected chi connectivity index (χ0v) is 6.60. The Kier molecular flexibility index (Phi) is 4.19. The van der Waals surface area contributed by atoms with Crippen LogP contribution in [0, 0.1) is 17.2 Å². The van der Waals surface area contributed by atoms with Crippen LogP contribution in [0.2, 0.25) is 0 Å². The molecule has 0 aliphatic carbocycles. The van der Waals surface area contributed by atoms with Gasteiger partial charge in [-0.1, -0.05) is 0 Å². The molecule has 70 valence electrons. The zero-order chi connectivity index (χ0) is 10.4. The maximum Gasteiger partial charge on any atom is 0.333 e. The summed E-state index contributed by atoms with van der Waals surface area (Å²) in [5, 5.41) is 25.2. The Hall–Kier alpha value is -1.87. The van der Waals surface area contributed by atoms with E-state index in [1.165, 1.54) is 0 Å². The summed E-state index contributed by atoms with van der Waals surface area (Å²) in [7, 11) is 0. The van der Waals surface area contributed by atoms with Crippen LogP contribution in [0.4, 0.5) is 0 Å². The van der Waals surface area contributed by atoms with Crippen molar-refractivity contribution in [2.45, 2.75) is 0 Å². The molecule has 0 spiro atoms. The highest BCUT2D eigenvalue weighted by atomic mass is 16.4. The van der Waals surface area contributed by atoms with E-state index in [4.69, 9.17) is 21.2 Å². The van der Waals surface area contributed by atoms with E-state index in [0.717, 1.165) is 0 Å². The number of carboxylic acid groups (broad SMARTS) is 2. The summed E-state index contributed by atoms with van der Waals surface area (Å²) in [5.41, 5.74) is 4.58. The summed E-state index contributed by atoms with van der Waals surface area (Å²) >= 11 is 0. The monoisotopic (exact) mass is 184 g/mol. The lowest BCUT2D eigenvalue weighted by molar-refractivity contribution is -0.135. The number of hydrogen-bond donors (Lipinski definition) is 3. The maximum absolute atomic E-state index is 10.5. The van der Waals surface area contributed by atoms with Crippen LogP contribution in [0.3, 0.4) is 0 Å². The van der Waals surface area contributed by atoms with Crippen molar-refractivity contribution in [3.8, 4) is 6.07 Å². The molecule has 1 atom stereocenters. The van der Waals surface area contributed by atoms with Crippen molar-refractivity contribution in [1.29, 1.82) is 5.26 Å². The molecule has 0 rings (SSSR count). The number of nitriles is 1. The Labute approximate surface area is 73.9 Å². The number of carbonyl (C=O) groups is 2. The fourth-order valence-electron chi connectivity index (χ4n) is 0.694. The third-order valence-electron chi connectivity index (χ3n) is 1.29. The molecule has 0 bridgehead atoms. The van der Waals surface area contributed by atoms with Gasteiger partial charge in [0.15, 0.2) is 0 Å². The molecule has 0 aromatic carbocycles. The first-order valence-electron chi connectivity index (χ1n) is 3.30. The first kappa shape index (κ1) is 11.1. The van der Waals surface area contributed by atoms with Crippen molar-refractivity contribution in [3.63, 3.8) is 0 Å². The van der Waals surface area contributed by atoms with Crippen LogP contribution in [0.5, 0.6) is 0 Å². The highest BCUT2D eigenvalue weighted by Crippen LogP contribution is 2.08. The van der Waals surface area contributed by atoms with Gasteiger partial charge in [0.25, 0.3) is 0 Å². The first-order chi connectivity index (χ1) is 6.02. The zero-order valence-electron chi connectivity index (χ0n) is 6.60. The number of carboxylic acids is 2. The number of nitrogens with zero attached hydrogens (tertiary/aromatic N) is 1. The van der Waals surface area contributed by atoms with Crippen molar-refractivity contribution in [1.82, 2.24) is 0 Å². The van der Waals surface area contributed by atoms with Crippen LogP contribution in [-0.4, -0.2) is 28.7 Å². The molecule has 0 fully saturated rings. The summed E-state index contributed by atoms with van der Waals surface area (Å²) in [6.45, 7) is -0.220. The lowest BCUT2D eigenvalue weighted by atomic mass is 10.0. The maximum atomic E-state index is 10.5. The summed E-state index contributed by atoms with van der Waals surface area (Å²) < 4.78 is 0. The molecule has 13 heavy (non-hydrogen) atoms. The molecule has 0 amide bonds. The molecule has 0 saturated carbocycles. The van der Waals surface area contributed by atoms with Gasteiger partial charge < -0.3 is 15.9 Å². The number of aliphatic carboxylic acids is 2. The molecule has 0 radical (unpaired) electrons. The van der Waals surface area contributed by atoms with Crippen LogP contribution < -0.4 is 5.73 Å². The Morgan fingerprint density at radius 1 is 1.54 bits per heavy atom. The SMILES string of the molecule is N#CC(CN)C(=CC(=O)O)C(=O)O. The van der Waals surface area contributed by atoms with Crippen molar-refractivity contribution in [2.24, 2.45) is 11.7 Å². The lowest BCUT2D eigenvalue weighted by Gasteiger charge is -2.04. The summed E-state index contributed by atoms with van der Waals surface area (Å²) in [6, 6.07) is 1.60. The minimum Gasteiger partial charge on any atom is -0.478 e. The van der Waals surface area contributed by atoms with E-state index in [1.54, 1.807) is 6.07 Å². The van der Waals surface area contributed by atoms with E-state index in [-0.39, 0.29) is 6.54 Å². The van der Waals surface area contributed by atoms with Gasteiger partial charge in [0.1, 0.15) is 0 Å². The van der Waals surface area contributed by atoms with E-state index in [0.29, 0.717) is 6.08 Å². The van der Waals surface area contributed by atoms with Gasteiger partial charge in [0, 0.05) is 12.6 Å². The quantitative estimate of drug-likeness (QED) is 0.490. The standard InChI is InChI=1S/C7H8N2O4/c8-2-4(3-9)5(7(12)13)1-6(10)11/h1,4H,2,8H2,(H,10,11)(H,12,13). The molecule has 0 aliphatic rings. The van der Waals surface area contributed by atoms with Gasteiger partial charge in [0.2, 0.25) is 0 Å². The fraction of sp³-hybridized carbons (Fsp3) is 0.286. The van der Waals surface area contributed by atoms with Gasteiger partial charge in [-0.3, -0.25) is 0 Å². The second-order valence-corrected chi connectivity index (χ2v) is 2.16. The lowest BCUT2D eigenvalue weighted by Crippen LogP contribution is -2.20. The normalized spacial score (nSPS) is 13.1. The second-order valence-electron chi connectivity index (χ2n) is 2.16. The smallest absolute Gasteiger partial charge is 0.333 e. The highest BCUT2D eigenvalue weighted by Gasteiger charge is 2.19. The minimum absolute atomic E-state index is 0.220. The minimum atomic E-state index is -1.44. The predicted molar refractivity (Wildman–Crippen MR) is 41.5 cm³/mol. The Bertz CT molecular complexity index is 289. The van der Waals surface area contributed by atoms with E-state index in [9.17, 15) is 9.59 Å². The van der Waals surface area contributed by atoms with Crippen molar-refractivity contribution in [3.05, 3.63) is 11.6 Å². The van der Waals surface area contributed by atoms with Gasteiger partial charge in [-0.2, -0.15) is 5.26 Å². The van der Waals surface area contributed by atoms with Crippen molar-refractivity contribution >= 4 is 11.9 Å². The molecule has 6 heteroatoms. The summed E-state index contributed by atoms with van der Waals surface area (Å²) in [5.74, 6) is -3.95. The van der Waals surface area contributed by atoms with Gasteiger partial charge in [-0.25, -0.2) is 9.59 Å². The van der Waals surface area contributed by atoms with Gasteiger partial charge in [-0.05, 0) is 0 Å². The topological polar surface area (TPSA) is 124 Å². The first-order valence-corrected chi connectivity index (χ1v) is 3.30. The molecule has 0 saturated heterocycles. The number of nitrogens with two attached hydrogens (primary N) is 1. The average Bonchev–Trinajstić information content (AvgIpc) is 2.04. The summed E-state index contributed by atoms with van der Waals surface area (Å²) in [6.07, 6.45) is 0.475. The third kappa shape index (κ3) is 3.35. The van der Waals surface area contributed by atoms with Crippen molar-refractivity contribution in [2.75, 3.05) is 6.54 Å². The van der Waals surface area contributed by atoms with E-state index >= 15 is 0 Å². The fourth-order valence-corrected chi connectivity index (χ4v) is 0.694. The van der Waals surface area contributed by atoms with Crippen LogP contribution >= 0.6 is 0 Å². The largest absolute Gasteiger partial charge is 0.478 e. The molecular formula is C7H8N2O4. The Morgan fingerprint density at radius 2 is 2.08 bits per heavy atom. The van der Waals surface area contributed by atoms with Crippen LogP contribution in [0.15, 0.2) is 11.6 Å². The predicted octanol–water partition coefficient (Wildman–Crippen LogP) is -0.820. The van der Waals surface area contributed by atoms with E-state index in [2.05, 4.69) is 0 Å². The molecule has 0 aliphatic heterocycles. The molecule has 1 unspecified atom stereocenters. The molecular weight excluding hydrogens is 176 g/mol. The number of rotatable bonds is 4. The van der Waals surface area contributed by atoms with E-state index < -0.39 is 23.4 Å². The Morgan fingerprint density at radius 3 is 2.31 bits per heavy atom. The third-order valence-corrected chi connectivity index (χ3v) is 1.29. The van der Waals surface area contributed by atoms with E-state index in [1.807, 2.05) is 0 Å². The molecule has 0 aromatic rings. The average molecular weight is 184 g/mol. The molecule has 4 N–H and O–H groups in total. The van der Waals surface area contributed by atoms with Crippen LogP contribution in [-0.2, 0) is 9.59 Å². The number of hydrogen-bond acceptors (Lipinski definition) is 4. The van der Waals surface area contributed by atoms with Crippen LogP contribution in [0.1, 0.15) is 0 Å². The van der Waals surface area contributed by atoms with Gasteiger partial charge >= 0.3 is 11.9 Å². The summed E-state index contributed by atoms with van der Waals surface area (Å²) in [4.78, 5) is 20.6. The molecule has 0 aromatic heterocycles. The highest BCUT2D eigenvalue weighted by molar-refractivity contribution is 5.95. The van der Waals surface area contributed by atoms with Gasteiger partial charge in [-0.15, -0.1) is 0 Å². The second kappa shape index (κ2) is 4.90. The molecule has 6 nitrogen and oxygen atoms in total.